The predicted octanol–water partition coefficient (Wildman–Crippen LogP) is 1.97. The zero-order valence-corrected chi connectivity index (χ0v) is 9.27. The van der Waals surface area contributed by atoms with Crippen LogP contribution in [0.4, 0.5) is 8.78 Å². The Morgan fingerprint density at radius 3 is 2.82 bits per heavy atom. The molecule has 1 unspecified atom stereocenters. The summed E-state index contributed by atoms with van der Waals surface area (Å²) in [7, 11) is 1.73. The molecule has 17 heavy (non-hydrogen) atoms. The maximum atomic E-state index is 13.4. The first-order valence-corrected chi connectivity index (χ1v) is 5.17. The van der Waals surface area contributed by atoms with Crippen molar-refractivity contribution in [1.29, 1.82) is 0 Å². The second kappa shape index (κ2) is 4.63. The molecule has 1 N–H and O–H groups in total. The fourth-order valence-electron chi connectivity index (χ4n) is 1.70. The summed E-state index contributed by atoms with van der Waals surface area (Å²) in [5.41, 5.74) is 0.139. The standard InChI is InChI=1S/C12H12F2N2O/c1-16-5-4-15-12(16)11(17)7-8-6-9(13)2-3-10(8)14/h2-6,11,17H,7H2,1H3. The van der Waals surface area contributed by atoms with Gasteiger partial charge in [0, 0.05) is 25.9 Å². The van der Waals surface area contributed by atoms with Gasteiger partial charge < -0.3 is 9.67 Å². The first-order valence-electron chi connectivity index (χ1n) is 5.17. The molecule has 0 aliphatic heterocycles. The average Bonchev–Trinajstić information content (AvgIpc) is 2.70. The third kappa shape index (κ3) is 2.50. The van der Waals surface area contributed by atoms with Gasteiger partial charge in [-0.15, -0.1) is 0 Å². The molecular formula is C12H12F2N2O. The van der Waals surface area contributed by atoms with E-state index < -0.39 is 17.7 Å². The molecule has 0 amide bonds. The number of benzene rings is 1. The predicted molar refractivity (Wildman–Crippen MR) is 58.2 cm³/mol. The Balaban J connectivity index is 2.21. The number of rotatable bonds is 3. The molecule has 90 valence electrons. The Kier molecular flexibility index (Phi) is 3.19. The van der Waals surface area contributed by atoms with E-state index in [1.165, 1.54) is 0 Å². The Morgan fingerprint density at radius 2 is 2.18 bits per heavy atom. The first-order chi connectivity index (χ1) is 8.08. The van der Waals surface area contributed by atoms with E-state index in [2.05, 4.69) is 4.98 Å². The molecule has 1 aromatic heterocycles. The molecule has 0 saturated carbocycles. The van der Waals surface area contributed by atoms with Crippen LogP contribution in [-0.4, -0.2) is 14.7 Å². The molecule has 5 heteroatoms. The van der Waals surface area contributed by atoms with E-state index >= 15 is 0 Å². The lowest BCUT2D eigenvalue weighted by Crippen LogP contribution is -2.09. The Bertz CT molecular complexity index is 525. The second-order valence-electron chi connectivity index (χ2n) is 3.85. The first kappa shape index (κ1) is 11.7. The van der Waals surface area contributed by atoms with Crippen molar-refractivity contribution in [1.82, 2.24) is 9.55 Å². The van der Waals surface area contributed by atoms with Gasteiger partial charge in [0.2, 0.25) is 0 Å². The largest absolute Gasteiger partial charge is 0.385 e. The molecule has 1 atom stereocenters. The normalized spacial score (nSPS) is 12.7. The van der Waals surface area contributed by atoms with Gasteiger partial charge in [0.25, 0.3) is 0 Å². The van der Waals surface area contributed by atoms with Crippen molar-refractivity contribution in [3.63, 3.8) is 0 Å². The lowest BCUT2D eigenvalue weighted by atomic mass is 10.1. The highest BCUT2D eigenvalue weighted by molar-refractivity contribution is 5.20. The zero-order chi connectivity index (χ0) is 12.4. The van der Waals surface area contributed by atoms with Gasteiger partial charge in [-0.3, -0.25) is 0 Å². The highest BCUT2D eigenvalue weighted by Gasteiger charge is 2.15. The van der Waals surface area contributed by atoms with E-state index in [-0.39, 0.29) is 12.0 Å². The summed E-state index contributed by atoms with van der Waals surface area (Å²) in [6.45, 7) is 0. The number of aryl methyl sites for hydroxylation is 1. The fraction of sp³-hybridized carbons (Fsp3) is 0.250. The van der Waals surface area contributed by atoms with Crippen molar-refractivity contribution in [3.05, 3.63) is 53.6 Å². The minimum Gasteiger partial charge on any atom is -0.385 e. The molecule has 0 aliphatic carbocycles. The molecule has 0 fully saturated rings. The lowest BCUT2D eigenvalue weighted by molar-refractivity contribution is 0.163. The van der Waals surface area contributed by atoms with Gasteiger partial charge in [-0.25, -0.2) is 13.8 Å². The third-order valence-electron chi connectivity index (χ3n) is 2.58. The van der Waals surface area contributed by atoms with Crippen molar-refractivity contribution in [2.75, 3.05) is 0 Å². The summed E-state index contributed by atoms with van der Waals surface area (Å²) in [5, 5.41) is 9.89. The highest BCUT2D eigenvalue weighted by atomic mass is 19.1. The number of hydrogen-bond acceptors (Lipinski definition) is 2. The van der Waals surface area contributed by atoms with Crippen molar-refractivity contribution < 1.29 is 13.9 Å². The van der Waals surface area contributed by atoms with E-state index in [1.54, 1.807) is 24.0 Å². The van der Waals surface area contributed by atoms with Gasteiger partial charge in [-0.1, -0.05) is 0 Å². The average molecular weight is 238 g/mol. The summed E-state index contributed by atoms with van der Waals surface area (Å²) >= 11 is 0. The molecule has 3 nitrogen and oxygen atoms in total. The van der Waals surface area contributed by atoms with Crippen LogP contribution in [0.25, 0.3) is 0 Å². The topological polar surface area (TPSA) is 38.0 Å². The van der Waals surface area contributed by atoms with Crippen LogP contribution in [0.1, 0.15) is 17.5 Å². The highest BCUT2D eigenvalue weighted by Crippen LogP contribution is 2.19. The maximum Gasteiger partial charge on any atom is 0.137 e. The minimum atomic E-state index is -0.953. The van der Waals surface area contributed by atoms with Gasteiger partial charge in [-0.05, 0) is 23.8 Å². The van der Waals surface area contributed by atoms with E-state index in [4.69, 9.17) is 0 Å². The molecule has 0 saturated heterocycles. The van der Waals surface area contributed by atoms with Crippen LogP contribution in [-0.2, 0) is 13.5 Å². The summed E-state index contributed by atoms with van der Waals surface area (Å²) in [5.74, 6) is -0.623. The number of aromatic nitrogens is 2. The lowest BCUT2D eigenvalue weighted by Gasteiger charge is -2.11. The second-order valence-corrected chi connectivity index (χ2v) is 3.85. The zero-order valence-electron chi connectivity index (χ0n) is 9.27. The van der Waals surface area contributed by atoms with Crippen molar-refractivity contribution in [2.24, 2.45) is 7.05 Å². The summed E-state index contributed by atoms with van der Waals surface area (Å²) in [6.07, 6.45) is 2.27. The van der Waals surface area contributed by atoms with E-state index in [1.807, 2.05) is 0 Å². The van der Waals surface area contributed by atoms with Gasteiger partial charge in [0.15, 0.2) is 0 Å². The molecule has 1 aromatic carbocycles. The number of hydrogen-bond donors (Lipinski definition) is 1. The summed E-state index contributed by atoms with van der Waals surface area (Å²) in [4.78, 5) is 3.96. The molecular weight excluding hydrogens is 226 g/mol. The molecule has 1 heterocycles. The van der Waals surface area contributed by atoms with Crippen LogP contribution in [0.3, 0.4) is 0 Å². The van der Waals surface area contributed by atoms with Gasteiger partial charge >= 0.3 is 0 Å². The van der Waals surface area contributed by atoms with E-state index in [0.717, 1.165) is 18.2 Å². The third-order valence-corrected chi connectivity index (χ3v) is 2.58. The van der Waals surface area contributed by atoms with Crippen LogP contribution >= 0.6 is 0 Å². The van der Waals surface area contributed by atoms with Crippen LogP contribution < -0.4 is 0 Å². The fourth-order valence-corrected chi connectivity index (χ4v) is 1.70. The Morgan fingerprint density at radius 1 is 1.41 bits per heavy atom. The minimum absolute atomic E-state index is 0.00551. The smallest absolute Gasteiger partial charge is 0.137 e. The van der Waals surface area contributed by atoms with Crippen LogP contribution in [0.15, 0.2) is 30.6 Å². The monoisotopic (exact) mass is 238 g/mol. The summed E-state index contributed by atoms with van der Waals surface area (Å²) < 4.78 is 28.0. The van der Waals surface area contributed by atoms with Gasteiger partial charge in [0.1, 0.15) is 23.6 Å². The van der Waals surface area contributed by atoms with E-state index in [9.17, 15) is 13.9 Å². The van der Waals surface area contributed by atoms with Gasteiger partial charge in [0.05, 0.1) is 0 Å². The number of imidazole rings is 1. The Labute approximate surface area is 97.3 Å². The van der Waals surface area contributed by atoms with Crippen molar-refractivity contribution in [2.45, 2.75) is 12.5 Å². The molecule has 2 rings (SSSR count). The van der Waals surface area contributed by atoms with Crippen LogP contribution in [0.2, 0.25) is 0 Å². The number of aliphatic hydroxyl groups is 1. The van der Waals surface area contributed by atoms with Crippen molar-refractivity contribution in [3.8, 4) is 0 Å². The molecule has 2 aromatic rings. The maximum absolute atomic E-state index is 13.4. The summed E-state index contributed by atoms with van der Waals surface area (Å²) in [6, 6.07) is 3.18. The van der Waals surface area contributed by atoms with Crippen molar-refractivity contribution >= 4 is 0 Å². The van der Waals surface area contributed by atoms with E-state index in [0.29, 0.717) is 5.82 Å². The van der Waals surface area contributed by atoms with Crippen LogP contribution in [0.5, 0.6) is 0 Å². The number of nitrogens with zero attached hydrogens (tertiary/aromatic N) is 2. The molecule has 0 radical (unpaired) electrons. The number of aliphatic hydroxyl groups excluding tert-OH is 1. The Hall–Kier alpha value is -1.75. The molecule has 0 spiro atoms. The van der Waals surface area contributed by atoms with Crippen LogP contribution in [0, 0.1) is 11.6 Å². The quantitative estimate of drug-likeness (QED) is 0.887. The SMILES string of the molecule is Cn1ccnc1C(O)Cc1cc(F)ccc1F. The van der Waals surface area contributed by atoms with Gasteiger partial charge in [-0.2, -0.15) is 0 Å². The molecule has 0 aliphatic rings. The molecule has 0 bridgehead atoms. The number of halogens is 2.